The molecule has 0 aliphatic carbocycles. The van der Waals surface area contributed by atoms with Gasteiger partial charge in [0.05, 0.1) is 0 Å². The first-order valence-corrected chi connectivity index (χ1v) is 6.76. The molecule has 0 aliphatic heterocycles. The van der Waals surface area contributed by atoms with Crippen LogP contribution < -0.4 is 0 Å². The van der Waals surface area contributed by atoms with E-state index in [-0.39, 0.29) is 26.2 Å². The molecule has 18 heavy (non-hydrogen) atoms. The molecule has 0 radical (unpaired) electrons. The van der Waals surface area contributed by atoms with Gasteiger partial charge in [0.2, 0.25) is 0 Å². The second kappa shape index (κ2) is 6.24. The average Bonchev–Trinajstić information content (AvgIpc) is 2.69. The average molecular weight is 319 g/mol. The van der Waals surface area contributed by atoms with Gasteiger partial charge in [-0.25, -0.2) is 0 Å². The molecule has 2 aromatic rings. The fourth-order valence-electron chi connectivity index (χ4n) is 2.45. The third-order valence-electron chi connectivity index (χ3n) is 3.63. The molecule has 0 bridgehead atoms. The molecule has 0 aromatic heterocycles. The van der Waals surface area contributed by atoms with Crippen LogP contribution in [0.15, 0.2) is 24.3 Å². The van der Waals surface area contributed by atoms with Gasteiger partial charge in [-0.2, -0.15) is 6.07 Å². The number of rotatable bonds is 3. The topological polar surface area (TPSA) is 0 Å². The summed E-state index contributed by atoms with van der Waals surface area (Å²) in [4.78, 5) is 0. The van der Waals surface area contributed by atoms with Crippen LogP contribution in [0.5, 0.6) is 0 Å². The number of hydrogen-bond donors (Lipinski definition) is 0. The normalized spacial score (nSPS) is 11.3. The van der Waals surface area contributed by atoms with Crippen molar-refractivity contribution in [3.05, 3.63) is 41.0 Å². The quantitative estimate of drug-likeness (QED) is 0.668. The molecule has 0 spiro atoms. The van der Waals surface area contributed by atoms with Crippen molar-refractivity contribution < 1.29 is 26.2 Å². The zero-order valence-electron chi connectivity index (χ0n) is 12.2. The van der Waals surface area contributed by atoms with Gasteiger partial charge in [-0.15, -0.1) is 28.5 Å². The van der Waals surface area contributed by atoms with E-state index in [0.29, 0.717) is 11.8 Å². The van der Waals surface area contributed by atoms with Gasteiger partial charge < -0.3 is 0 Å². The maximum absolute atomic E-state index is 2.40. The first-order valence-electron chi connectivity index (χ1n) is 6.76. The van der Waals surface area contributed by atoms with Crippen molar-refractivity contribution in [3.63, 3.8) is 0 Å². The molecule has 0 atom stereocenters. The Morgan fingerprint density at radius 2 is 1.67 bits per heavy atom. The third kappa shape index (κ3) is 2.99. The van der Waals surface area contributed by atoms with Crippen LogP contribution >= 0.6 is 0 Å². The van der Waals surface area contributed by atoms with E-state index >= 15 is 0 Å². The van der Waals surface area contributed by atoms with E-state index in [0.717, 1.165) is 6.42 Å². The Balaban J connectivity index is 0.00000162. The zero-order valence-corrected chi connectivity index (χ0v) is 14.6. The monoisotopic (exact) mass is 317 g/mol. The molecule has 0 aliphatic rings. The van der Waals surface area contributed by atoms with E-state index < -0.39 is 0 Å². The molecular weight excluding hydrogens is 295 g/mol. The SMILES string of the molecule is CCc1cc2c(C(C)C)cc(C(C)C)cc2[cH-]1.[Zr]. The summed E-state index contributed by atoms with van der Waals surface area (Å²) in [5.41, 5.74) is 4.43. The second-order valence-corrected chi connectivity index (χ2v) is 5.64. The van der Waals surface area contributed by atoms with E-state index in [2.05, 4.69) is 58.9 Å². The minimum absolute atomic E-state index is 0. The van der Waals surface area contributed by atoms with Crippen LogP contribution in [0.1, 0.15) is 63.1 Å². The van der Waals surface area contributed by atoms with Gasteiger partial charge in [-0.1, -0.05) is 51.8 Å². The molecule has 0 fully saturated rings. The van der Waals surface area contributed by atoms with Gasteiger partial charge in [0.15, 0.2) is 0 Å². The summed E-state index contributed by atoms with van der Waals surface area (Å²) in [7, 11) is 0. The van der Waals surface area contributed by atoms with Crippen LogP contribution in [-0.2, 0) is 32.6 Å². The van der Waals surface area contributed by atoms with Crippen molar-refractivity contribution in [3.8, 4) is 0 Å². The summed E-state index contributed by atoms with van der Waals surface area (Å²) in [6.07, 6.45) is 1.13. The van der Waals surface area contributed by atoms with Crippen molar-refractivity contribution in [1.29, 1.82) is 0 Å². The number of hydrogen-bond acceptors (Lipinski definition) is 0. The molecular formula is C17H23Zr-. The summed E-state index contributed by atoms with van der Waals surface area (Å²) in [5, 5.41) is 2.89. The fraction of sp³-hybridized carbons (Fsp3) is 0.471. The van der Waals surface area contributed by atoms with Gasteiger partial charge in [-0.05, 0) is 18.3 Å². The van der Waals surface area contributed by atoms with E-state index in [1.54, 1.807) is 0 Å². The van der Waals surface area contributed by atoms with Crippen molar-refractivity contribution in [2.24, 2.45) is 0 Å². The minimum atomic E-state index is 0. The standard InChI is InChI=1S/C17H23.Zr/c1-6-13-7-15-9-14(11(2)3)10-16(12(4)5)17(15)8-13;/h7-12H,6H2,1-5H3;/q-1;. The van der Waals surface area contributed by atoms with Crippen molar-refractivity contribution in [2.45, 2.75) is 52.9 Å². The van der Waals surface area contributed by atoms with Crippen molar-refractivity contribution in [2.75, 3.05) is 0 Å². The smallest absolute Gasteiger partial charge is 0 e. The molecule has 96 valence electrons. The summed E-state index contributed by atoms with van der Waals surface area (Å²) in [6.45, 7) is 11.4. The van der Waals surface area contributed by atoms with Gasteiger partial charge in [0.25, 0.3) is 0 Å². The van der Waals surface area contributed by atoms with E-state index in [9.17, 15) is 0 Å². The Hall–Kier alpha value is -0.287. The molecule has 0 saturated heterocycles. The third-order valence-corrected chi connectivity index (χ3v) is 3.63. The molecule has 0 N–H and O–H groups in total. The predicted molar refractivity (Wildman–Crippen MR) is 77.1 cm³/mol. The van der Waals surface area contributed by atoms with Crippen LogP contribution in [0, 0.1) is 0 Å². The first kappa shape index (κ1) is 15.8. The first-order chi connectivity index (χ1) is 8.02. The Morgan fingerprint density at radius 1 is 1.00 bits per heavy atom. The van der Waals surface area contributed by atoms with E-state index in [1.165, 1.54) is 27.5 Å². The van der Waals surface area contributed by atoms with Gasteiger partial charge in [0.1, 0.15) is 0 Å². The van der Waals surface area contributed by atoms with E-state index in [1.807, 2.05) is 0 Å². The van der Waals surface area contributed by atoms with Crippen LogP contribution in [0.25, 0.3) is 10.8 Å². The number of aryl methyl sites for hydroxylation is 1. The van der Waals surface area contributed by atoms with E-state index in [4.69, 9.17) is 0 Å². The van der Waals surface area contributed by atoms with Crippen molar-refractivity contribution in [1.82, 2.24) is 0 Å². The molecule has 0 unspecified atom stereocenters. The largest absolute Gasteiger partial charge is 0.165 e. The zero-order chi connectivity index (χ0) is 12.6. The molecule has 0 amide bonds. The van der Waals surface area contributed by atoms with Crippen molar-refractivity contribution >= 4 is 10.8 Å². The fourth-order valence-corrected chi connectivity index (χ4v) is 2.45. The number of fused-ring (bicyclic) bond motifs is 1. The second-order valence-electron chi connectivity index (χ2n) is 5.64. The molecule has 0 saturated carbocycles. The molecule has 2 rings (SSSR count). The van der Waals surface area contributed by atoms with Crippen LogP contribution in [0.4, 0.5) is 0 Å². The van der Waals surface area contributed by atoms with Crippen LogP contribution in [0.2, 0.25) is 0 Å². The predicted octanol–water partition coefficient (Wildman–Crippen LogP) is 5.37. The maximum atomic E-state index is 2.40. The van der Waals surface area contributed by atoms with Gasteiger partial charge >= 0.3 is 0 Å². The van der Waals surface area contributed by atoms with Crippen LogP contribution in [-0.4, -0.2) is 0 Å². The minimum Gasteiger partial charge on any atom is -0.165 e. The Labute approximate surface area is 130 Å². The van der Waals surface area contributed by atoms with Gasteiger partial charge in [-0.3, -0.25) is 0 Å². The molecule has 0 heterocycles. The van der Waals surface area contributed by atoms with Crippen LogP contribution in [0.3, 0.4) is 0 Å². The Kier molecular flexibility index (Phi) is 5.47. The van der Waals surface area contributed by atoms with Gasteiger partial charge in [0, 0.05) is 26.2 Å². The molecule has 1 heteroatoms. The Morgan fingerprint density at radius 3 is 2.17 bits per heavy atom. The summed E-state index contributed by atoms with van der Waals surface area (Å²) in [5.74, 6) is 1.21. The molecule has 2 aromatic carbocycles. The summed E-state index contributed by atoms with van der Waals surface area (Å²) < 4.78 is 0. The number of benzene rings is 1. The maximum Gasteiger partial charge on any atom is 0 e. The Bertz CT molecular complexity index is 518. The summed E-state index contributed by atoms with van der Waals surface area (Å²) >= 11 is 0. The summed E-state index contributed by atoms with van der Waals surface area (Å²) in [6, 6.07) is 9.49. The molecule has 0 nitrogen and oxygen atoms in total.